The molecule has 90 valence electrons. The quantitative estimate of drug-likeness (QED) is 0.915. The maximum atomic E-state index is 13.5. The van der Waals surface area contributed by atoms with Crippen LogP contribution in [0.5, 0.6) is 0 Å². The summed E-state index contributed by atoms with van der Waals surface area (Å²) in [7, 11) is 0. The topological polar surface area (TPSA) is 24.9 Å². The van der Waals surface area contributed by atoms with E-state index >= 15 is 0 Å². The van der Waals surface area contributed by atoms with Crippen molar-refractivity contribution in [2.75, 3.05) is 5.32 Å². The van der Waals surface area contributed by atoms with Gasteiger partial charge in [0.2, 0.25) is 0 Å². The van der Waals surface area contributed by atoms with Crippen LogP contribution in [-0.4, -0.2) is 4.98 Å². The number of halogens is 2. The molecule has 2 aromatic rings. The molecular weight excluding hydrogens is 303 g/mol. The normalized spacial score (nSPS) is 10.6. The summed E-state index contributed by atoms with van der Waals surface area (Å²) in [5.41, 5.74) is 1.27. The van der Waals surface area contributed by atoms with Gasteiger partial charge < -0.3 is 5.32 Å². The van der Waals surface area contributed by atoms with E-state index in [0.29, 0.717) is 11.0 Å². The predicted octanol–water partition coefficient (Wildman–Crippen LogP) is 4.27. The Morgan fingerprint density at radius 2 is 2.18 bits per heavy atom. The van der Waals surface area contributed by atoms with E-state index in [9.17, 15) is 4.39 Å². The molecule has 17 heavy (non-hydrogen) atoms. The van der Waals surface area contributed by atoms with Crippen LogP contribution in [0, 0.1) is 19.7 Å². The maximum absolute atomic E-state index is 13.5. The van der Waals surface area contributed by atoms with Crippen LogP contribution in [0.25, 0.3) is 0 Å². The number of hydrogen-bond donors (Lipinski definition) is 1. The molecule has 0 bridgehead atoms. The Hall–Kier alpha value is -0.940. The van der Waals surface area contributed by atoms with Gasteiger partial charge in [0.15, 0.2) is 11.6 Å². The van der Waals surface area contributed by atoms with E-state index in [-0.39, 0.29) is 11.6 Å². The molecule has 0 fully saturated rings. The molecule has 0 aliphatic carbocycles. The summed E-state index contributed by atoms with van der Waals surface area (Å²) in [5.74, 6) is -0.0544. The molecule has 0 aliphatic heterocycles. The number of pyridine rings is 1. The van der Waals surface area contributed by atoms with Crippen LogP contribution in [0.15, 0.2) is 22.8 Å². The van der Waals surface area contributed by atoms with Crippen LogP contribution in [-0.2, 0) is 6.54 Å². The minimum Gasteiger partial charge on any atom is -0.363 e. The summed E-state index contributed by atoms with van der Waals surface area (Å²) >= 11 is 4.90. The summed E-state index contributed by atoms with van der Waals surface area (Å²) in [5, 5.41) is 3.00. The van der Waals surface area contributed by atoms with Crippen molar-refractivity contribution in [2.45, 2.75) is 20.4 Å². The Bertz CT molecular complexity index is 520. The van der Waals surface area contributed by atoms with Gasteiger partial charge in [-0.05, 0) is 47.5 Å². The summed E-state index contributed by atoms with van der Waals surface area (Å²) in [6.07, 6.45) is 1.58. The average molecular weight is 315 g/mol. The molecule has 0 amide bonds. The first kappa shape index (κ1) is 12.5. The number of rotatable bonds is 3. The molecule has 2 heterocycles. The van der Waals surface area contributed by atoms with Gasteiger partial charge >= 0.3 is 0 Å². The minimum absolute atomic E-state index is 0.289. The van der Waals surface area contributed by atoms with E-state index in [1.807, 2.05) is 0 Å². The van der Waals surface area contributed by atoms with E-state index in [2.05, 4.69) is 46.1 Å². The molecule has 2 nitrogen and oxygen atoms in total. The zero-order valence-corrected chi connectivity index (χ0v) is 12.0. The first-order valence-electron chi connectivity index (χ1n) is 5.17. The summed E-state index contributed by atoms with van der Waals surface area (Å²) in [4.78, 5) is 6.48. The van der Waals surface area contributed by atoms with E-state index in [0.717, 1.165) is 0 Å². The Labute approximate surface area is 112 Å². The van der Waals surface area contributed by atoms with Gasteiger partial charge in [0.25, 0.3) is 0 Å². The lowest BCUT2D eigenvalue weighted by Crippen LogP contribution is -2.02. The van der Waals surface area contributed by atoms with Crippen LogP contribution >= 0.6 is 27.3 Å². The smallest absolute Gasteiger partial charge is 0.166 e. The largest absolute Gasteiger partial charge is 0.363 e. The summed E-state index contributed by atoms with van der Waals surface area (Å²) < 4.78 is 14.1. The molecule has 1 N–H and O–H groups in total. The number of aryl methyl sites for hydroxylation is 2. The van der Waals surface area contributed by atoms with Crippen molar-refractivity contribution in [1.29, 1.82) is 0 Å². The van der Waals surface area contributed by atoms with Crippen LogP contribution in [0.3, 0.4) is 0 Å². The first-order valence-corrected chi connectivity index (χ1v) is 6.78. The van der Waals surface area contributed by atoms with Crippen molar-refractivity contribution >= 4 is 33.1 Å². The number of nitrogens with one attached hydrogen (secondary N) is 1. The highest BCUT2D eigenvalue weighted by Crippen LogP contribution is 2.22. The molecule has 0 radical (unpaired) electrons. The molecular formula is C12H12BrFN2S. The zero-order chi connectivity index (χ0) is 12.4. The van der Waals surface area contributed by atoms with Gasteiger partial charge in [0.1, 0.15) is 0 Å². The van der Waals surface area contributed by atoms with Crippen LogP contribution in [0.2, 0.25) is 0 Å². The fraction of sp³-hybridized carbons (Fsp3) is 0.250. The first-order chi connectivity index (χ1) is 8.06. The van der Waals surface area contributed by atoms with Crippen LogP contribution < -0.4 is 5.32 Å². The fourth-order valence-corrected chi connectivity index (χ4v) is 2.75. The lowest BCUT2D eigenvalue weighted by molar-refractivity contribution is 0.623. The molecule has 0 unspecified atom stereocenters. The van der Waals surface area contributed by atoms with Crippen molar-refractivity contribution < 1.29 is 4.39 Å². The third-order valence-corrected chi connectivity index (χ3v) is 4.04. The van der Waals surface area contributed by atoms with Gasteiger partial charge in [-0.2, -0.15) is 0 Å². The molecule has 5 heteroatoms. The van der Waals surface area contributed by atoms with Gasteiger partial charge in [-0.15, -0.1) is 11.3 Å². The Morgan fingerprint density at radius 1 is 1.41 bits per heavy atom. The van der Waals surface area contributed by atoms with Gasteiger partial charge in [-0.3, -0.25) is 0 Å². The summed E-state index contributed by atoms with van der Waals surface area (Å²) in [6, 6.07) is 3.52. The second-order valence-electron chi connectivity index (χ2n) is 3.79. The minimum atomic E-state index is -0.343. The fourth-order valence-electron chi connectivity index (χ4n) is 1.45. The Balaban J connectivity index is 2.07. The third-order valence-electron chi connectivity index (χ3n) is 2.45. The summed E-state index contributed by atoms with van der Waals surface area (Å²) in [6.45, 7) is 4.76. The number of anilines is 1. The number of thiophene rings is 1. The molecule has 0 saturated carbocycles. The lowest BCUT2D eigenvalue weighted by Gasteiger charge is -2.04. The van der Waals surface area contributed by atoms with E-state index in [1.54, 1.807) is 17.5 Å². The second-order valence-corrected chi connectivity index (χ2v) is 6.05. The van der Waals surface area contributed by atoms with Gasteiger partial charge in [-0.1, -0.05) is 0 Å². The van der Waals surface area contributed by atoms with Gasteiger partial charge in [0, 0.05) is 20.4 Å². The molecule has 0 saturated heterocycles. The maximum Gasteiger partial charge on any atom is 0.166 e. The second kappa shape index (κ2) is 5.14. The van der Waals surface area contributed by atoms with Gasteiger partial charge in [-0.25, -0.2) is 9.37 Å². The average Bonchev–Trinajstić information content (AvgIpc) is 2.57. The van der Waals surface area contributed by atoms with Crippen molar-refractivity contribution in [2.24, 2.45) is 0 Å². The van der Waals surface area contributed by atoms with E-state index in [1.165, 1.54) is 21.4 Å². The standard InChI is InChI=1S/C12H12BrFN2S/c1-7-3-10(17-8(7)2)6-16-12-11(14)4-9(13)5-15-12/h3-5H,6H2,1-2H3,(H,15,16). The SMILES string of the molecule is Cc1cc(CNc2ncc(Br)cc2F)sc1C. The molecule has 2 rings (SSSR count). The van der Waals surface area contributed by atoms with Crippen molar-refractivity contribution in [3.63, 3.8) is 0 Å². The third kappa shape index (κ3) is 3.04. The molecule has 0 atom stereocenters. The van der Waals surface area contributed by atoms with Crippen LogP contribution in [0.4, 0.5) is 10.2 Å². The van der Waals surface area contributed by atoms with Crippen LogP contribution in [0.1, 0.15) is 15.3 Å². The number of hydrogen-bond acceptors (Lipinski definition) is 3. The highest BCUT2D eigenvalue weighted by atomic mass is 79.9. The number of aromatic nitrogens is 1. The molecule has 0 aromatic carbocycles. The monoisotopic (exact) mass is 314 g/mol. The zero-order valence-electron chi connectivity index (χ0n) is 9.55. The highest BCUT2D eigenvalue weighted by molar-refractivity contribution is 9.10. The van der Waals surface area contributed by atoms with Crippen molar-refractivity contribution in [3.8, 4) is 0 Å². The van der Waals surface area contributed by atoms with E-state index < -0.39 is 0 Å². The predicted molar refractivity (Wildman–Crippen MR) is 73.0 cm³/mol. The molecule has 2 aromatic heterocycles. The molecule has 0 aliphatic rings. The lowest BCUT2D eigenvalue weighted by atomic mass is 10.3. The Kier molecular flexibility index (Phi) is 3.79. The van der Waals surface area contributed by atoms with E-state index in [4.69, 9.17) is 0 Å². The van der Waals surface area contributed by atoms with Crippen molar-refractivity contribution in [3.05, 3.63) is 43.9 Å². The number of nitrogens with zero attached hydrogens (tertiary/aromatic N) is 1. The molecule has 0 spiro atoms. The van der Waals surface area contributed by atoms with Gasteiger partial charge in [0.05, 0.1) is 6.54 Å². The Morgan fingerprint density at radius 3 is 2.76 bits per heavy atom. The van der Waals surface area contributed by atoms with Crippen molar-refractivity contribution in [1.82, 2.24) is 4.98 Å². The highest BCUT2D eigenvalue weighted by Gasteiger charge is 2.06.